The predicted octanol–water partition coefficient (Wildman–Crippen LogP) is 1.66. The second-order valence-corrected chi connectivity index (χ2v) is 9.07. The highest BCUT2D eigenvalue weighted by atomic mass is 16.6. The van der Waals surface area contributed by atoms with Crippen molar-refractivity contribution in [3.63, 3.8) is 0 Å². The third-order valence-corrected chi connectivity index (χ3v) is 5.59. The zero-order chi connectivity index (χ0) is 20.8. The average Bonchev–Trinajstić information content (AvgIpc) is 2.64. The molecule has 2 N–H and O–H groups in total. The number of guanidine groups is 1. The summed E-state index contributed by atoms with van der Waals surface area (Å²) >= 11 is 0. The monoisotopic (exact) mass is 397 g/mol. The van der Waals surface area contributed by atoms with Crippen LogP contribution in [-0.2, 0) is 9.47 Å². The van der Waals surface area contributed by atoms with Crippen molar-refractivity contribution >= 4 is 12.1 Å². The van der Waals surface area contributed by atoms with Crippen LogP contribution in [-0.4, -0.2) is 93.0 Å². The second-order valence-electron chi connectivity index (χ2n) is 9.07. The number of likely N-dealkylation sites (N-methyl/N-ethyl adjacent to an activating group) is 1. The topological polar surface area (TPSA) is 78.4 Å². The molecule has 2 heterocycles. The number of likely N-dealkylation sites (tertiary alicyclic amines) is 1. The molecule has 2 fully saturated rings. The Kier molecular flexibility index (Phi) is 7.95. The third kappa shape index (κ3) is 6.51. The van der Waals surface area contributed by atoms with Gasteiger partial charge in [-0.3, -0.25) is 4.99 Å². The van der Waals surface area contributed by atoms with Crippen LogP contribution in [0, 0.1) is 0 Å². The van der Waals surface area contributed by atoms with Crippen LogP contribution in [0.1, 0.15) is 46.5 Å². The Morgan fingerprint density at radius 2 is 2.00 bits per heavy atom. The number of ether oxygens (including phenoxy) is 2. The number of hydrogen-bond donors (Lipinski definition) is 2. The molecule has 0 saturated carbocycles. The molecule has 0 radical (unpaired) electrons. The maximum Gasteiger partial charge on any atom is 0.410 e. The van der Waals surface area contributed by atoms with E-state index in [1.807, 2.05) is 20.8 Å². The Labute approximate surface area is 170 Å². The molecule has 0 aromatic heterocycles. The smallest absolute Gasteiger partial charge is 0.410 e. The number of nitrogens with zero attached hydrogens (tertiary/aromatic N) is 3. The summed E-state index contributed by atoms with van der Waals surface area (Å²) < 4.78 is 11.1. The van der Waals surface area contributed by atoms with Crippen molar-refractivity contribution in [1.29, 1.82) is 0 Å². The first-order valence-electron chi connectivity index (χ1n) is 10.4. The molecule has 2 saturated heterocycles. The van der Waals surface area contributed by atoms with E-state index in [2.05, 4.69) is 34.6 Å². The SMILES string of the molecule is CN=C(NCC1(N(C)C)CCOCC1)NC1CCCN(C(=O)OC(C)(C)C)C1. The van der Waals surface area contributed by atoms with Crippen LogP contribution in [0.2, 0.25) is 0 Å². The maximum absolute atomic E-state index is 12.4. The largest absolute Gasteiger partial charge is 0.444 e. The Balaban J connectivity index is 1.89. The molecule has 1 amide bonds. The summed E-state index contributed by atoms with van der Waals surface area (Å²) in [5.41, 5.74) is -0.399. The van der Waals surface area contributed by atoms with Crippen molar-refractivity contribution in [3.8, 4) is 0 Å². The van der Waals surface area contributed by atoms with Gasteiger partial charge in [-0.15, -0.1) is 0 Å². The lowest BCUT2D eigenvalue weighted by Gasteiger charge is -2.43. The Morgan fingerprint density at radius 1 is 1.32 bits per heavy atom. The number of piperidine rings is 1. The van der Waals surface area contributed by atoms with Crippen molar-refractivity contribution in [2.45, 2.75) is 63.6 Å². The highest BCUT2D eigenvalue weighted by Crippen LogP contribution is 2.25. The first-order valence-corrected chi connectivity index (χ1v) is 10.4. The van der Waals surface area contributed by atoms with Gasteiger partial charge in [-0.2, -0.15) is 0 Å². The molecule has 28 heavy (non-hydrogen) atoms. The summed E-state index contributed by atoms with van der Waals surface area (Å²) in [7, 11) is 6.04. The maximum atomic E-state index is 12.4. The minimum atomic E-state index is -0.473. The van der Waals surface area contributed by atoms with Gasteiger partial charge < -0.3 is 29.9 Å². The van der Waals surface area contributed by atoms with Gasteiger partial charge in [0.25, 0.3) is 0 Å². The van der Waals surface area contributed by atoms with Gasteiger partial charge in [-0.05, 0) is 60.5 Å². The molecular formula is C20H39N5O3. The zero-order valence-corrected chi connectivity index (χ0v) is 18.5. The van der Waals surface area contributed by atoms with Crippen molar-refractivity contribution in [2.24, 2.45) is 4.99 Å². The molecular weight excluding hydrogens is 358 g/mol. The minimum Gasteiger partial charge on any atom is -0.444 e. The second kappa shape index (κ2) is 9.78. The van der Waals surface area contributed by atoms with Gasteiger partial charge in [0.15, 0.2) is 5.96 Å². The molecule has 1 atom stereocenters. The van der Waals surface area contributed by atoms with Gasteiger partial charge in [0, 0.05) is 51.5 Å². The number of aliphatic imine (C=N–C) groups is 1. The van der Waals surface area contributed by atoms with E-state index in [4.69, 9.17) is 9.47 Å². The summed E-state index contributed by atoms with van der Waals surface area (Å²) in [6.45, 7) is 9.45. The van der Waals surface area contributed by atoms with Crippen molar-refractivity contribution < 1.29 is 14.3 Å². The van der Waals surface area contributed by atoms with Crippen LogP contribution in [0.5, 0.6) is 0 Å². The molecule has 8 heteroatoms. The number of nitrogens with one attached hydrogen (secondary N) is 2. The number of amides is 1. The standard InChI is InChI=1S/C20H39N5O3/c1-19(2,3)28-18(26)25-11-7-8-16(14-25)23-17(21-4)22-15-20(24(5)6)9-12-27-13-10-20/h16H,7-15H2,1-6H3,(H2,21,22,23). The van der Waals surface area contributed by atoms with E-state index in [1.165, 1.54) is 0 Å². The normalized spacial score (nSPS) is 23.5. The van der Waals surface area contributed by atoms with E-state index in [0.29, 0.717) is 6.54 Å². The first kappa shape index (κ1) is 22.7. The fraction of sp³-hybridized carbons (Fsp3) is 0.900. The summed E-state index contributed by atoms with van der Waals surface area (Å²) in [4.78, 5) is 20.9. The molecule has 8 nitrogen and oxygen atoms in total. The van der Waals surface area contributed by atoms with Crippen LogP contribution in [0.4, 0.5) is 4.79 Å². The van der Waals surface area contributed by atoms with Crippen LogP contribution >= 0.6 is 0 Å². The lowest BCUT2D eigenvalue weighted by molar-refractivity contribution is -0.00505. The lowest BCUT2D eigenvalue weighted by atomic mass is 9.88. The third-order valence-electron chi connectivity index (χ3n) is 5.59. The van der Waals surface area contributed by atoms with Crippen molar-refractivity contribution in [3.05, 3.63) is 0 Å². The van der Waals surface area contributed by atoms with Gasteiger partial charge in [0.2, 0.25) is 0 Å². The average molecular weight is 398 g/mol. The van der Waals surface area contributed by atoms with Gasteiger partial charge in [0.05, 0.1) is 0 Å². The minimum absolute atomic E-state index is 0.0744. The molecule has 2 rings (SSSR count). The van der Waals surface area contributed by atoms with E-state index in [0.717, 1.165) is 57.9 Å². The van der Waals surface area contributed by atoms with Crippen molar-refractivity contribution in [2.75, 3.05) is 54.0 Å². The number of carbonyl (C=O) groups is 1. The molecule has 0 spiro atoms. The van der Waals surface area contributed by atoms with Gasteiger partial charge >= 0.3 is 6.09 Å². The molecule has 1 unspecified atom stereocenters. The van der Waals surface area contributed by atoms with Crippen LogP contribution in [0.3, 0.4) is 0 Å². The highest BCUT2D eigenvalue weighted by molar-refractivity contribution is 5.80. The van der Waals surface area contributed by atoms with Gasteiger partial charge in [-0.25, -0.2) is 4.79 Å². The fourth-order valence-corrected chi connectivity index (χ4v) is 3.76. The Bertz CT molecular complexity index is 538. The molecule has 2 aliphatic rings. The Hall–Kier alpha value is -1.54. The molecule has 0 aliphatic carbocycles. The molecule has 162 valence electrons. The molecule has 0 aromatic rings. The van der Waals surface area contributed by atoms with Gasteiger partial charge in [0.1, 0.15) is 5.60 Å². The summed E-state index contributed by atoms with van der Waals surface area (Å²) in [5.74, 6) is 0.781. The number of rotatable bonds is 4. The fourth-order valence-electron chi connectivity index (χ4n) is 3.76. The van der Waals surface area contributed by atoms with Crippen molar-refractivity contribution in [1.82, 2.24) is 20.4 Å². The lowest BCUT2D eigenvalue weighted by Crippen LogP contribution is -2.59. The predicted molar refractivity (Wildman–Crippen MR) is 112 cm³/mol. The van der Waals surface area contributed by atoms with Crippen LogP contribution < -0.4 is 10.6 Å². The van der Waals surface area contributed by atoms with Crippen LogP contribution in [0.25, 0.3) is 0 Å². The molecule has 0 bridgehead atoms. The van der Waals surface area contributed by atoms with Gasteiger partial charge in [-0.1, -0.05) is 0 Å². The highest BCUT2D eigenvalue weighted by Gasteiger charge is 2.35. The quantitative estimate of drug-likeness (QED) is 0.555. The zero-order valence-electron chi connectivity index (χ0n) is 18.5. The first-order chi connectivity index (χ1) is 13.1. The van der Waals surface area contributed by atoms with Crippen LogP contribution in [0.15, 0.2) is 4.99 Å². The Morgan fingerprint density at radius 3 is 2.57 bits per heavy atom. The molecule has 2 aliphatic heterocycles. The van der Waals surface area contributed by atoms with E-state index in [9.17, 15) is 4.79 Å². The number of hydrogen-bond acceptors (Lipinski definition) is 5. The van der Waals surface area contributed by atoms with E-state index >= 15 is 0 Å². The number of carbonyl (C=O) groups excluding carboxylic acids is 1. The summed E-state index contributed by atoms with van der Waals surface area (Å²) in [5, 5.41) is 6.99. The summed E-state index contributed by atoms with van der Waals surface area (Å²) in [6, 6.07) is 0.164. The summed E-state index contributed by atoms with van der Waals surface area (Å²) in [6.07, 6.45) is 3.72. The van der Waals surface area contributed by atoms with E-state index in [1.54, 1.807) is 11.9 Å². The van der Waals surface area contributed by atoms with E-state index in [-0.39, 0.29) is 17.7 Å². The molecule has 0 aromatic carbocycles. The van der Waals surface area contributed by atoms with E-state index < -0.39 is 5.60 Å².